The fourth-order valence-electron chi connectivity index (χ4n) is 2.22. The van der Waals surface area contributed by atoms with E-state index in [9.17, 15) is 0 Å². The Morgan fingerprint density at radius 2 is 2.04 bits per heavy atom. The highest BCUT2D eigenvalue weighted by Crippen LogP contribution is 2.10. The zero-order valence-corrected chi connectivity index (χ0v) is 16.9. The number of nitrogens with one attached hydrogen (secondary N) is 1. The lowest BCUT2D eigenvalue weighted by atomic mass is 10.1. The van der Waals surface area contributed by atoms with Gasteiger partial charge in [-0.15, -0.1) is 30.6 Å². The maximum atomic E-state index is 5.53. The van der Waals surface area contributed by atoms with Crippen molar-refractivity contribution < 1.29 is 4.74 Å². The number of nitrogens with zero attached hydrogens (tertiary/aromatic N) is 2. The number of allylic oxidation sites excluding steroid dienone is 1. The van der Waals surface area contributed by atoms with Crippen molar-refractivity contribution in [2.45, 2.75) is 32.9 Å². The molecule has 1 aromatic carbocycles. The number of rotatable bonds is 9. The minimum Gasteiger partial charge on any atom is -0.377 e. The van der Waals surface area contributed by atoms with Crippen LogP contribution < -0.4 is 5.32 Å². The van der Waals surface area contributed by atoms with Crippen molar-refractivity contribution in [1.29, 1.82) is 0 Å². The van der Waals surface area contributed by atoms with E-state index in [-0.39, 0.29) is 24.0 Å². The Kier molecular flexibility index (Phi) is 12.7. The van der Waals surface area contributed by atoms with Crippen LogP contribution in [0.1, 0.15) is 30.9 Å². The summed E-state index contributed by atoms with van der Waals surface area (Å²) in [6.07, 6.45) is 4.06. The molecular formula is C18H30IN3O. The first-order valence-corrected chi connectivity index (χ1v) is 7.90. The van der Waals surface area contributed by atoms with Crippen molar-refractivity contribution in [3.63, 3.8) is 0 Å². The normalized spacial score (nSPS) is 10.8. The van der Waals surface area contributed by atoms with Crippen LogP contribution in [0.3, 0.4) is 0 Å². The third kappa shape index (κ3) is 8.37. The van der Waals surface area contributed by atoms with Gasteiger partial charge in [0.1, 0.15) is 0 Å². The van der Waals surface area contributed by atoms with Gasteiger partial charge in [0.25, 0.3) is 0 Å². The van der Waals surface area contributed by atoms with Crippen molar-refractivity contribution >= 4 is 29.9 Å². The van der Waals surface area contributed by atoms with Gasteiger partial charge in [-0.05, 0) is 30.9 Å². The predicted octanol–water partition coefficient (Wildman–Crippen LogP) is 3.81. The molecule has 0 radical (unpaired) electrons. The van der Waals surface area contributed by atoms with Crippen molar-refractivity contribution in [3.8, 4) is 0 Å². The van der Waals surface area contributed by atoms with Gasteiger partial charge in [0.15, 0.2) is 5.96 Å². The lowest BCUT2D eigenvalue weighted by Crippen LogP contribution is -2.39. The Balaban J connectivity index is 0.00000484. The molecular weight excluding hydrogens is 401 g/mol. The summed E-state index contributed by atoms with van der Waals surface area (Å²) in [5.74, 6) is 0.912. The molecule has 0 amide bonds. The first-order chi connectivity index (χ1) is 10.7. The van der Waals surface area contributed by atoms with Crippen LogP contribution in [0.15, 0.2) is 41.9 Å². The largest absolute Gasteiger partial charge is 0.377 e. The third-order valence-electron chi connectivity index (χ3n) is 3.49. The summed E-state index contributed by atoms with van der Waals surface area (Å²) in [6.45, 7) is 8.87. The molecule has 5 heteroatoms. The van der Waals surface area contributed by atoms with Crippen LogP contribution in [0.2, 0.25) is 0 Å². The molecule has 0 aliphatic carbocycles. The highest BCUT2D eigenvalue weighted by molar-refractivity contribution is 14.0. The average molecular weight is 431 g/mol. The Bertz CT molecular complexity index is 477. The van der Waals surface area contributed by atoms with Crippen LogP contribution in [0.25, 0.3) is 0 Å². The number of ether oxygens (including phenoxy) is 1. The van der Waals surface area contributed by atoms with E-state index in [1.807, 2.05) is 26.1 Å². The van der Waals surface area contributed by atoms with Crippen molar-refractivity contribution in [1.82, 2.24) is 10.2 Å². The van der Waals surface area contributed by atoms with E-state index >= 15 is 0 Å². The van der Waals surface area contributed by atoms with Crippen LogP contribution in [0.5, 0.6) is 0 Å². The smallest absolute Gasteiger partial charge is 0.193 e. The first-order valence-electron chi connectivity index (χ1n) is 7.90. The molecule has 0 atom stereocenters. The Morgan fingerprint density at radius 1 is 1.35 bits per heavy atom. The summed E-state index contributed by atoms with van der Waals surface area (Å²) in [5, 5.41) is 3.42. The van der Waals surface area contributed by atoms with Crippen molar-refractivity contribution in [2.75, 3.05) is 27.2 Å². The Morgan fingerprint density at radius 3 is 2.65 bits per heavy atom. The van der Waals surface area contributed by atoms with Gasteiger partial charge in [-0.1, -0.05) is 30.3 Å². The van der Waals surface area contributed by atoms with Crippen LogP contribution in [0.4, 0.5) is 0 Å². The molecule has 0 saturated carbocycles. The fraction of sp³-hybridized carbons (Fsp3) is 0.500. The molecule has 0 heterocycles. The van der Waals surface area contributed by atoms with Crippen LogP contribution in [-0.2, 0) is 17.9 Å². The highest BCUT2D eigenvalue weighted by Gasteiger charge is 2.07. The minimum absolute atomic E-state index is 0. The van der Waals surface area contributed by atoms with Gasteiger partial charge < -0.3 is 15.0 Å². The molecule has 0 bridgehead atoms. The van der Waals surface area contributed by atoms with E-state index in [0.717, 1.165) is 38.5 Å². The molecule has 0 fully saturated rings. The maximum absolute atomic E-state index is 5.53. The maximum Gasteiger partial charge on any atom is 0.193 e. The monoisotopic (exact) mass is 431 g/mol. The van der Waals surface area contributed by atoms with Gasteiger partial charge in [0.2, 0.25) is 0 Å². The van der Waals surface area contributed by atoms with Gasteiger partial charge in [-0.25, -0.2) is 0 Å². The Labute approximate surface area is 158 Å². The highest BCUT2D eigenvalue weighted by atomic mass is 127. The standard InChI is InChI=1S/C18H29N3O.HI/c1-5-7-10-13-21(4)18(19-3)20-14-16-11-8-9-12-17(16)15-22-6-2;/h5,8-9,11-12H,1,6-7,10,13-15H2,2-4H3,(H,19,20);1H. The topological polar surface area (TPSA) is 36.9 Å². The van der Waals surface area contributed by atoms with Crippen LogP contribution in [0, 0.1) is 0 Å². The molecule has 0 spiro atoms. The molecule has 0 unspecified atom stereocenters. The number of halogens is 1. The lowest BCUT2D eigenvalue weighted by molar-refractivity contribution is 0.133. The number of aliphatic imine (C=N–C) groups is 1. The van der Waals surface area contributed by atoms with E-state index in [1.165, 1.54) is 11.1 Å². The van der Waals surface area contributed by atoms with Gasteiger partial charge in [0, 0.05) is 33.8 Å². The molecule has 23 heavy (non-hydrogen) atoms. The zero-order chi connectivity index (χ0) is 16.2. The Hall–Kier alpha value is -1.08. The second kappa shape index (κ2) is 13.4. The molecule has 4 nitrogen and oxygen atoms in total. The number of unbranched alkanes of at least 4 members (excludes halogenated alkanes) is 1. The quantitative estimate of drug-likeness (QED) is 0.212. The molecule has 0 saturated heterocycles. The van der Waals surface area contributed by atoms with E-state index in [1.54, 1.807) is 0 Å². The fourth-order valence-corrected chi connectivity index (χ4v) is 2.22. The molecule has 130 valence electrons. The molecule has 1 N–H and O–H groups in total. The summed E-state index contributed by atoms with van der Waals surface area (Å²) in [7, 11) is 3.88. The summed E-state index contributed by atoms with van der Waals surface area (Å²) in [5.41, 5.74) is 2.47. The number of hydrogen-bond acceptors (Lipinski definition) is 2. The van der Waals surface area contributed by atoms with Gasteiger partial charge >= 0.3 is 0 Å². The summed E-state index contributed by atoms with van der Waals surface area (Å²) in [6, 6.07) is 8.35. The van der Waals surface area contributed by atoms with Crippen molar-refractivity contribution in [2.24, 2.45) is 4.99 Å². The van der Waals surface area contributed by atoms with Crippen LogP contribution in [-0.4, -0.2) is 38.1 Å². The van der Waals surface area contributed by atoms with Gasteiger partial charge in [-0.2, -0.15) is 0 Å². The predicted molar refractivity (Wildman–Crippen MR) is 109 cm³/mol. The number of guanidine groups is 1. The van der Waals surface area contributed by atoms with Crippen LogP contribution >= 0.6 is 24.0 Å². The number of benzene rings is 1. The molecule has 1 rings (SSSR count). The molecule has 0 aliphatic heterocycles. The number of hydrogen-bond donors (Lipinski definition) is 1. The summed E-state index contributed by atoms with van der Waals surface area (Å²) in [4.78, 5) is 6.50. The zero-order valence-electron chi connectivity index (χ0n) is 14.5. The second-order valence-corrected chi connectivity index (χ2v) is 5.16. The van der Waals surface area contributed by atoms with Gasteiger partial charge in [0.05, 0.1) is 6.61 Å². The van der Waals surface area contributed by atoms with E-state index in [0.29, 0.717) is 6.61 Å². The minimum atomic E-state index is 0. The second-order valence-electron chi connectivity index (χ2n) is 5.16. The molecule has 1 aromatic rings. The summed E-state index contributed by atoms with van der Waals surface area (Å²) < 4.78 is 5.53. The summed E-state index contributed by atoms with van der Waals surface area (Å²) >= 11 is 0. The first kappa shape index (κ1) is 21.9. The SMILES string of the molecule is C=CCCCN(C)C(=NC)NCc1ccccc1COCC.I. The van der Waals surface area contributed by atoms with Gasteiger partial charge in [-0.3, -0.25) is 4.99 Å². The molecule has 0 aliphatic rings. The average Bonchev–Trinajstić information content (AvgIpc) is 2.54. The van der Waals surface area contributed by atoms with E-state index < -0.39 is 0 Å². The molecule has 0 aromatic heterocycles. The van der Waals surface area contributed by atoms with Crippen molar-refractivity contribution in [3.05, 3.63) is 48.0 Å². The van der Waals surface area contributed by atoms with E-state index in [4.69, 9.17) is 4.74 Å². The lowest BCUT2D eigenvalue weighted by Gasteiger charge is -2.22. The third-order valence-corrected chi connectivity index (χ3v) is 3.49. The van der Waals surface area contributed by atoms with E-state index in [2.05, 4.69) is 47.0 Å².